The molecule has 0 fully saturated rings. The summed E-state index contributed by atoms with van der Waals surface area (Å²) in [5.74, 6) is 0.0508. The van der Waals surface area contributed by atoms with E-state index in [1.165, 1.54) is 0 Å². The number of rotatable bonds is 4. The fraction of sp³-hybridized carbons (Fsp3) is 0.778. The second-order valence-corrected chi connectivity index (χ2v) is 2.87. The zero-order chi connectivity index (χ0) is 9.56. The molecule has 0 saturated carbocycles. The average molecular weight is 168 g/mol. The highest BCUT2D eigenvalue weighted by atomic mass is 16.1. The monoisotopic (exact) mass is 168 g/mol. The highest BCUT2D eigenvalue weighted by Crippen LogP contribution is 2.07. The van der Waals surface area contributed by atoms with Gasteiger partial charge in [-0.2, -0.15) is 5.26 Å². The number of hydrogen-bond acceptors (Lipinski definition) is 2. The Morgan fingerprint density at radius 1 is 1.50 bits per heavy atom. The fourth-order valence-electron chi connectivity index (χ4n) is 1.02. The highest BCUT2D eigenvalue weighted by Gasteiger charge is 2.15. The van der Waals surface area contributed by atoms with Crippen LogP contribution >= 0.6 is 0 Å². The minimum Gasteiger partial charge on any atom is -0.340 e. The van der Waals surface area contributed by atoms with Crippen LogP contribution in [0.25, 0.3) is 0 Å². The fourth-order valence-corrected chi connectivity index (χ4v) is 1.02. The van der Waals surface area contributed by atoms with E-state index in [1.54, 1.807) is 6.92 Å². The van der Waals surface area contributed by atoms with Crippen molar-refractivity contribution in [1.82, 2.24) is 5.32 Å². The van der Waals surface area contributed by atoms with E-state index >= 15 is 0 Å². The maximum absolute atomic E-state index is 11.3. The van der Waals surface area contributed by atoms with E-state index in [1.807, 2.05) is 19.9 Å². The smallest absolute Gasteiger partial charge is 0.224 e. The molecule has 0 rings (SSSR count). The molecule has 0 heterocycles. The normalized spacial score (nSPS) is 12.2. The van der Waals surface area contributed by atoms with Crippen LogP contribution in [-0.2, 0) is 4.79 Å². The summed E-state index contributed by atoms with van der Waals surface area (Å²) in [5, 5.41) is 11.1. The number of carbonyl (C=O) groups is 1. The SMILES string of the molecule is CCC(CC)C(=O)NC(C)C#N. The van der Waals surface area contributed by atoms with E-state index in [2.05, 4.69) is 5.32 Å². The van der Waals surface area contributed by atoms with Gasteiger partial charge in [0, 0.05) is 5.92 Å². The van der Waals surface area contributed by atoms with Crippen LogP contribution in [0.5, 0.6) is 0 Å². The second kappa shape index (κ2) is 5.59. The summed E-state index contributed by atoms with van der Waals surface area (Å²) in [5.41, 5.74) is 0. The molecule has 68 valence electrons. The summed E-state index contributed by atoms with van der Waals surface area (Å²) < 4.78 is 0. The summed E-state index contributed by atoms with van der Waals surface area (Å²) in [6.07, 6.45) is 1.67. The molecule has 0 aromatic carbocycles. The zero-order valence-corrected chi connectivity index (χ0v) is 7.92. The lowest BCUT2D eigenvalue weighted by Crippen LogP contribution is -2.36. The van der Waals surface area contributed by atoms with Crippen LogP contribution in [0.3, 0.4) is 0 Å². The molecule has 0 aliphatic heterocycles. The van der Waals surface area contributed by atoms with E-state index in [4.69, 9.17) is 5.26 Å². The van der Waals surface area contributed by atoms with Gasteiger partial charge in [0.15, 0.2) is 0 Å². The Kier molecular flexibility index (Phi) is 5.11. The Morgan fingerprint density at radius 3 is 2.33 bits per heavy atom. The van der Waals surface area contributed by atoms with E-state index in [0.717, 1.165) is 12.8 Å². The van der Waals surface area contributed by atoms with E-state index in [9.17, 15) is 4.79 Å². The van der Waals surface area contributed by atoms with Crippen molar-refractivity contribution in [2.75, 3.05) is 0 Å². The number of hydrogen-bond donors (Lipinski definition) is 1. The van der Waals surface area contributed by atoms with Crippen molar-refractivity contribution >= 4 is 5.91 Å². The lowest BCUT2D eigenvalue weighted by Gasteiger charge is -2.13. The quantitative estimate of drug-likeness (QED) is 0.690. The summed E-state index contributed by atoms with van der Waals surface area (Å²) in [7, 11) is 0. The summed E-state index contributed by atoms with van der Waals surface area (Å²) in [4.78, 5) is 11.3. The highest BCUT2D eigenvalue weighted by molar-refractivity contribution is 5.79. The second-order valence-electron chi connectivity index (χ2n) is 2.87. The Bertz CT molecular complexity index is 179. The lowest BCUT2D eigenvalue weighted by molar-refractivity contribution is -0.125. The molecule has 1 N–H and O–H groups in total. The van der Waals surface area contributed by atoms with Gasteiger partial charge in [-0.15, -0.1) is 0 Å². The minimum absolute atomic E-state index is 0.00551. The van der Waals surface area contributed by atoms with Gasteiger partial charge < -0.3 is 5.32 Å². The number of nitriles is 1. The molecular formula is C9H16N2O. The van der Waals surface area contributed by atoms with E-state index in [0.29, 0.717) is 0 Å². The standard InChI is InChI=1S/C9H16N2O/c1-4-8(5-2)9(12)11-7(3)6-10/h7-8H,4-5H2,1-3H3,(H,11,12). The largest absolute Gasteiger partial charge is 0.340 e. The Hall–Kier alpha value is -1.04. The van der Waals surface area contributed by atoms with Crippen molar-refractivity contribution in [3.63, 3.8) is 0 Å². The van der Waals surface area contributed by atoms with E-state index in [-0.39, 0.29) is 17.9 Å². The molecule has 0 aliphatic rings. The molecule has 12 heavy (non-hydrogen) atoms. The first-order valence-corrected chi connectivity index (χ1v) is 4.35. The van der Waals surface area contributed by atoms with Crippen LogP contribution < -0.4 is 5.32 Å². The first kappa shape index (κ1) is 11.0. The van der Waals surface area contributed by atoms with Crippen LogP contribution in [0.4, 0.5) is 0 Å². The lowest BCUT2D eigenvalue weighted by atomic mass is 10.0. The van der Waals surface area contributed by atoms with Crippen molar-refractivity contribution in [3.8, 4) is 6.07 Å². The van der Waals surface area contributed by atoms with Crippen LogP contribution in [0.2, 0.25) is 0 Å². The van der Waals surface area contributed by atoms with Crippen LogP contribution in [0, 0.1) is 17.2 Å². The Morgan fingerprint density at radius 2 is 2.00 bits per heavy atom. The third-order valence-electron chi connectivity index (χ3n) is 1.91. The molecule has 1 amide bonds. The van der Waals surface area contributed by atoms with Gasteiger partial charge in [0.25, 0.3) is 0 Å². The topological polar surface area (TPSA) is 52.9 Å². The van der Waals surface area contributed by atoms with Gasteiger partial charge in [0.2, 0.25) is 5.91 Å². The van der Waals surface area contributed by atoms with Gasteiger partial charge in [0.05, 0.1) is 6.07 Å². The van der Waals surface area contributed by atoms with Gasteiger partial charge in [-0.3, -0.25) is 4.79 Å². The number of nitrogens with zero attached hydrogens (tertiary/aromatic N) is 1. The molecule has 0 aromatic rings. The average Bonchev–Trinajstić information content (AvgIpc) is 2.06. The Balaban J connectivity index is 3.94. The van der Waals surface area contributed by atoms with Crippen LogP contribution in [0.1, 0.15) is 33.6 Å². The van der Waals surface area contributed by atoms with Gasteiger partial charge in [-0.1, -0.05) is 13.8 Å². The molecule has 1 atom stereocenters. The van der Waals surface area contributed by atoms with Gasteiger partial charge in [0.1, 0.15) is 6.04 Å². The molecular weight excluding hydrogens is 152 g/mol. The molecule has 3 nitrogen and oxygen atoms in total. The van der Waals surface area contributed by atoms with Crippen molar-refractivity contribution in [3.05, 3.63) is 0 Å². The zero-order valence-electron chi connectivity index (χ0n) is 7.92. The minimum atomic E-state index is -0.377. The first-order chi connectivity index (χ1) is 5.65. The maximum atomic E-state index is 11.3. The molecule has 0 bridgehead atoms. The molecule has 0 saturated heterocycles. The molecule has 3 heteroatoms. The molecule has 1 unspecified atom stereocenters. The number of nitrogens with one attached hydrogen (secondary N) is 1. The summed E-state index contributed by atoms with van der Waals surface area (Å²) in [6.45, 7) is 5.63. The third kappa shape index (κ3) is 3.38. The summed E-state index contributed by atoms with van der Waals surface area (Å²) in [6, 6.07) is 1.59. The molecule has 0 radical (unpaired) electrons. The van der Waals surface area contributed by atoms with Gasteiger partial charge in [-0.25, -0.2) is 0 Å². The van der Waals surface area contributed by atoms with Crippen molar-refractivity contribution in [2.24, 2.45) is 5.92 Å². The maximum Gasteiger partial charge on any atom is 0.224 e. The molecule has 0 aromatic heterocycles. The summed E-state index contributed by atoms with van der Waals surface area (Å²) >= 11 is 0. The van der Waals surface area contributed by atoms with Gasteiger partial charge >= 0.3 is 0 Å². The van der Waals surface area contributed by atoms with Crippen molar-refractivity contribution in [1.29, 1.82) is 5.26 Å². The number of carbonyl (C=O) groups excluding carboxylic acids is 1. The van der Waals surface area contributed by atoms with Crippen molar-refractivity contribution in [2.45, 2.75) is 39.7 Å². The predicted molar refractivity (Wildman–Crippen MR) is 47.3 cm³/mol. The third-order valence-corrected chi connectivity index (χ3v) is 1.91. The van der Waals surface area contributed by atoms with Crippen LogP contribution in [-0.4, -0.2) is 11.9 Å². The predicted octanol–water partition coefficient (Wildman–Crippen LogP) is 1.45. The van der Waals surface area contributed by atoms with Crippen LogP contribution in [0.15, 0.2) is 0 Å². The van der Waals surface area contributed by atoms with Crippen molar-refractivity contribution < 1.29 is 4.79 Å². The molecule has 0 spiro atoms. The number of amides is 1. The first-order valence-electron chi connectivity index (χ1n) is 4.35. The van der Waals surface area contributed by atoms with Gasteiger partial charge in [-0.05, 0) is 19.8 Å². The van der Waals surface area contributed by atoms with E-state index < -0.39 is 0 Å². The molecule has 0 aliphatic carbocycles. The Labute approximate surface area is 73.8 Å².